The third-order valence-corrected chi connectivity index (χ3v) is 6.17. The number of carbonyl (C=O) groups is 4. The fourth-order valence-corrected chi connectivity index (χ4v) is 4.39. The monoisotopic (exact) mass is 543 g/mol. The Hall–Kier alpha value is -4.66. The number of hydrogen-bond donors (Lipinski definition) is 2. The van der Waals surface area contributed by atoms with Crippen molar-refractivity contribution in [1.29, 1.82) is 0 Å². The van der Waals surface area contributed by atoms with Gasteiger partial charge in [-0.25, -0.2) is 4.79 Å². The summed E-state index contributed by atoms with van der Waals surface area (Å²) >= 11 is 0. The third-order valence-electron chi connectivity index (χ3n) is 6.17. The molecular weight excluding hydrogens is 510 g/mol. The minimum Gasteiger partial charge on any atom is -0.491 e. The van der Waals surface area contributed by atoms with Crippen LogP contribution in [0.3, 0.4) is 0 Å². The van der Waals surface area contributed by atoms with Gasteiger partial charge < -0.3 is 20.1 Å². The standard InChI is InChI=1S/C31H33N3O6/c1-19-16-22(17-20(2)26(19)39-15-14-32-30(38)40-31(3,4)5)27(35)33-23-12-10-21(11-13-23)18-34-28(36)24-8-6-7-9-25(24)29(34)37/h6-13,16-17H,14-15,18H2,1-5H3,(H,32,38)(H,33,35). The van der Waals surface area contributed by atoms with E-state index in [1.54, 1.807) is 81.4 Å². The molecule has 9 heteroatoms. The summed E-state index contributed by atoms with van der Waals surface area (Å²) in [4.78, 5) is 51.2. The first-order chi connectivity index (χ1) is 18.9. The molecule has 4 rings (SSSR count). The minimum atomic E-state index is -0.571. The van der Waals surface area contributed by atoms with E-state index < -0.39 is 11.7 Å². The molecule has 208 valence electrons. The van der Waals surface area contributed by atoms with Gasteiger partial charge >= 0.3 is 6.09 Å². The number of aryl methyl sites for hydroxylation is 2. The number of alkyl carbamates (subject to hydrolysis) is 1. The summed E-state index contributed by atoms with van der Waals surface area (Å²) in [6.45, 7) is 9.77. The van der Waals surface area contributed by atoms with Crippen molar-refractivity contribution in [1.82, 2.24) is 10.2 Å². The van der Waals surface area contributed by atoms with Crippen molar-refractivity contribution in [2.75, 3.05) is 18.5 Å². The summed E-state index contributed by atoms with van der Waals surface area (Å²) in [5, 5.41) is 5.53. The SMILES string of the molecule is Cc1cc(C(=O)Nc2ccc(CN3C(=O)c4ccccc4C3=O)cc2)cc(C)c1OCCNC(=O)OC(C)(C)C. The first kappa shape index (κ1) is 28.4. The number of ether oxygens (including phenoxy) is 2. The van der Waals surface area contributed by atoms with Gasteiger partial charge in [0.1, 0.15) is 18.0 Å². The molecule has 9 nitrogen and oxygen atoms in total. The average Bonchev–Trinajstić information content (AvgIpc) is 3.12. The van der Waals surface area contributed by atoms with Crippen LogP contribution in [0.1, 0.15) is 68.5 Å². The number of imide groups is 1. The van der Waals surface area contributed by atoms with Gasteiger partial charge in [0.2, 0.25) is 0 Å². The molecule has 0 atom stereocenters. The number of benzene rings is 3. The van der Waals surface area contributed by atoms with Crippen LogP contribution < -0.4 is 15.4 Å². The number of nitrogens with one attached hydrogen (secondary N) is 2. The molecule has 2 N–H and O–H groups in total. The molecule has 0 radical (unpaired) electrons. The van der Waals surface area contributed by atoms with Crippen molar-refractivity contribution in [2.45, 2.75) is 46.8 Å². The highest BCUT2D eigenvalue weighted by atomic mass is 16.6. The molecule has 0 fully saturated rings. The lowest BCUT2D eigenvalue weighted by atomic mass is 10.0. The average molecular weight is 544 g/mol. The Morgan fingerprint density at radius 3 is 2.00 bits per heavy atom. The Kier molecular flexibility index (Phi) is 8.23. The van der Waals surface area contributed by atoms with Gasteiger partial charge in [-0.1, -0.05) is 24.3 Å². The third kappa shape index (κ3) is 6.66. The number of rotatable bonds is 8. The fraction of sp³-hybridized carbons (Fsp3) is 0.290. The molecule has 0 saturated carbocycles. The Balaban J connectivity index is 1.32. The fourth-order valence-electron chi connectivity index (χ4n) is 4.39. The van der Waals surface area contributed by atoms with Crippen molar-refractivity contribution < 1.29 is 28.7 Å². The van der Waals surface area contributed by atoms with Crippen molar-refractivity contribution in [3.05, 3.63) is 94.0 Å². The summed E-state index contributed by atoms with van der Waals surface area (Å²) in [7, 11) is 0. The number of anilines is 1. The zero-order valence-corrected chi connectivity index (χ0v) is 23.3. The van der Waals surface area contributed by atoms with E-state index in [2.05, 4.69) is 10.6 Å². The van der Waals surface area contributed by atoms with E-state index >= 15 is 0 Å². The Morgan fingerprint density at radius 1 is 0.875 bits per heavy atom. The van der Waals surface area contributed by atoms with Crippen molar-refractivity contribution in [3.63, 3.8) is 0 Å². The Labute approximate surface area is 233 Å². The lowest BCUT2D eigenvalue weighted by molar-refractivity contribution is 0.0518. The van der Waals surface area contributed by atoms with Gasteiger partial charge in [-0.05, 0) is 87.7 Å². The summed E-state index contributed by atoms with van der Waals surface area (Å²) in [5.74, 6) is -0.247. The second-order valence-corrected chi connectivity index (χ2v) is 10.6. The first-order valence-electron chi connectivity index (χ1n) is 13.0. The minimum absolute atomic E-state index is 0.147. The van der Waals surface area contributed by atoms with Crippen molar-refractivity contribution in [3.8, 4) is 5.75 Å². The Bertz CT molecular complexity index is 1400. The van der Waals surface area contributed by atoms with Crippen LogP contribution in [0.15, 0.2) is 60.7 Å². The van der Waals surface area contributed by atoms with Crippen LogP contribution in [0.25, 0.3) is 0 Å². The van der Waals surface area contributed by atoms with E-state index in [1.165, 1.54) is 4.90 Å². The number of hydrogen-bond acceptors (Lipinski definition) is 6. The van der Waals surface area contributed by atoms with E-state index in [1.807, 2.05) is 13.8 Å². The molecule has 3 aromatic rings. The van der Waals surface area contributed by atoms with E-state index in [4.69, 9.17) is 9.47 Å². The van der Waals surface area contributed by atoms with Gasteiger partial charge in [0.15, 0.2) is 0 Å². The van der Waals surface area contributed by atoms with Crippen molar-refractivity contribution >= 4 is 29.5 Å². The number of carbonyl (C=O) groups excluding carboxylic acids is 4. The van der Waals surface area contributed by atoms with Gasteiger partial charge in [-0.15, -0.1) is 0 Å². The maximum Gasteiger partial charge on any atom is 0.407 e. The van der Waals surface area contributed by atoms with E-state index in [9.17, 15) is 19.2 Å². The van der Waals surface area contributed by atoms with Gasteiger partial charge in [-0.3, -0.25) is 19.3 Å². The summed E-state index contributed by atoms with van der Waals surface area (Å²) in [6.07, 6.45) is -0.506. The highest BCUT2D eigenvalue weighted by Gasteiger charge is 2.34. The molecule has 0 spiro atoms. The molecule has 4 amide bonds. The molecule has 1 aliphatic heterocycles. The molecule has 0 saturated heterocycles. The maximum absolute atomic E-state index is 12.9. The van der Waals surface area contributed by atoms with Gasteiger partial charge in [-0.2, -0.15) is 0 Å². The highest BCUT2D eigenvalue weighted by Crippen LogP contribution is 2.27. The predicted octanol–water partition coefficient (Wildman–Crippen LogP) is 5.26. The normalized spacial score (nSPS) is 12.7. The van der Waals surface area contributed by atoms with Crippen LogP contribution in [-0.4, -0.2) is 47.5 Å². The maximum atomic E-state index is 12.9. The lowest BCUT2D eigenvalue weighted by Crippen LogP contribution is -2.34. The summed E-state index contributed by atoms with van der Waals surface area (Å²) < 4.78 is 11.1. The first-order valence-corrected chi connectivity index (χ1v) is 13.0. The second-order valence-electron chi connectivity index (χ2n) is 10.6. The zero-order chi connectivity index (χ0) is 29.0. The lowest BCUT2D eigenvalue weighted by Gasteiger charge is -2.20. The Morgan fingerprint density at radius 2 is 1.45 bits per heavy atom. The van der Waals surface area contributed by atoms with E-state index in [-0.39, 0.29) is 37.4 Å². The molecule has 0 aliphatic carbocycles. The summed E-state index contributed by atoms with van der Waals surface area (Å²) in [6, 6.07) is 17.3. The molecule has 0 unspecified atom stereocenters. The molecule has 1 aliphatic rings. The molecule has 0 aromatic heterocycles. The smallest absolute Gasteiger partial charge is 0.407 e. The molecule has 1 heterocycles. The van der Waals surface area contributed by atoms with Crippen LogP contribution in [0.5, 0.6) is 5.75 Å². The number of fused-ring (bicyclic) bond motifs is 1. The highest BCUT2D eigenvalue weighted by molar-refractivity contribution is 6.21. The van der Waals surface area contributed by atoms with Gasteiger partial charge in [0, 0.05) is 11.3 Å². The largest absolute Gasteiger partial charge is 0.491 e. The quantitative estimate of drug-likeness (QED) is 0.296. The number of amides is 4. The van der Waals surface area contributed by atoms with Crippen LogP contribution in [0.2, 0.25) is 0 Å². The zero-order valence-electron chi connectivity index (χ0n) is 23.3. The van der Waals surface area contributed by atoms with Crippen LogP contribution in [0.4, 0.5) is 10.5 Å². The van der Waals surface area contributed by atoms with E-state index in [0.717, 1.165) is 16.7 Å². The molecule has 3 aromatic carbocycles. The molecule has 40 heavy (non-hydrogen) atoms. The number of nitrogens with zero attached hydrogens (tertiary/aromatic N) is 1. The van der Waals surface area contributed by atoms with Crippen LogP contribution in [0, 0.1) is 13.8 Å². The van der Waals surface area contributed by atoms with E-state index in [0.29, 0.717) is 28.1 Å². The van der Waals surface area contributed by atoms with Gasteiger partial charge in [0.25, 0.3) is 17.7 Å². The van der Waals surface area contributed by atoms with Crippen LogP contribution >= 0.6 is 0 Å². The molecular formula is C31H33N3O6. The predicted molar refractivity (Wildman–Crippen MR) is 151 cm³/mol. The van der Waals surface area contributed by atoms with Crippen molar-refractivity contribution in [2.24, 2.45) is 0 Å². The van der Waals surface area contributed by atoms with Crippen LogP contribution in [-0.2, 0) is 11.3 Å². The second kappa shape index (κ2) is 11.6. The van der Waals surface area contributed by atoms with Gasteiger partial charge in [0.05, 0.1) is 24.2 Å². The topological polar surface area (TPSA) is 114 Å². The molecule has 0 bridgehead atoms. The summed E-state index contributed by atoms with van der Waals surface area (Å²) in [5.41, 5.74) is 3.66.